The van der Waals surface area contributed by atoms with E-state index in [2.05, 4.69) is 15.4 Å². The van der Waals surface area contributed by atoms with Crippen LogP contribution >= 0.6 is 12.4 Å². The van der Waals surface area contributed by atoms with Gasteiger partial charge in [-0.05, 0) is 48.9 Å². The Hall–Kier alpha value is -2.52. The number of halogens is 3. The van der Waals surface area contributed by atoms with Crippen LogP contribution in [0.1, 0.15) is 73.0 Å². The number of imidazole rings is 1. The van der Waals surface area contributed by atoms with Gasteiger partial charge in [0.25, 0.3) is 5.91 Å². The van der Waals surface area contributed by atoms with Crippen molar-refractivity contribution < 1.29 is 13.6 Å². The molecule has 0 radical (unpaired) electrons. The lowest BCUT2D eigenvalue weighted by atomic mass is 9.81. The fourth-order valence-corrected chi connectivity index (χ4v) is 4.27. The van der Waals surface area contributed by atoms with Gasteiger partial charge in [0.15, 0.2) is 0 Å². The summed E-state index contributed by atoms with van der Waals surface area (Å²) in [6.07, 6.45) is 2.60. The molecule has 0 saturated heterocycles. The van der Waals surface area contributed by atoms with Crippen LogP contribution in [0.5, 0.6) is 0 Å². The van der Waals surface area contributed by atoms with Crippen LogP contribution in [0.15, 0.2) is 30.5 Å². The monoisotopic (exact) mass is 466 g/mol. The number of aromatic nitrogens is 4. The van der Waals surface area contributed by atoms with Gasteiger partial charge in [0.05, 0.1) is 17.1 Å². The van der Waals surface area contributed by atoms with Crippen LogP contribution in [0.4, 0.5) is 8.78 Å². The topological polar surface area (TPSA) is 102 Å². The number of rotatable bonds is 6. The lowest BCUT2D eigenvalue weighted by Gasteiger charge is -2.33. The molecule has 2 aromatic heterocycles. The molecule has 1 aliphatic carbocycles. The lowest BCUT2D eigenvalue weighted by molar-refractivity contribution is -0.0496. The first-order chi connectivity index (χ1) is 14.8. The summed E-state index contributed by atoms with van der Waals surface area (Å²) in [6.45, 7) is 2.02. The Kier molecular flexibility index (Phi) is 7.19. The minimum absolute atomic E-state index is 0. The SMILES string of the molecule is CCC(N)c1ccc2[nH]c([C@@H](NC(=O)c3ccnn3C)C3CCC(F)(F)CC3)nc2c1.Cl. The van der Waals surface area contributed by atoms with Gasteiger partial charge < -0.3 is 16.0 Å². The molecule has 1 amide bonds. The van der Waals surface area contributed by atoms with Crippen LogP contribution in [0.2, 0.25) is 0 Å². The Morgan fingerprint density at radius 2 is 2.06 bits per heavy atom. The van der Waals surface area contributed by atoms with Crippen molar-refractivity contribution in [3.63, 3.8) is 0 Å². The quantitative estimate of drug-likeness (QED) is 0.500. The van der Waals surface area contributed by atoms with Crippen molar-refractivity contribution in [1.82, 2.24) is 25.1 Å². The minimum Gasteiger partial charge on any atom is -0.340 e. The number of hydrogen-bond acceptors (Lipinski definition) is 4. The molecule has 10 heteroatoms. The van der Waals surface area contributed by atoms with Crippen LogP contribution in [-0.2, 0) is 7.05 Å². The number of aromatic amines is 1. The number of fused-ring (bicyclic) bond motifs is 1. The zero-order chi connectivity index (χ0) is 22.2. The first kappa shape index (κ1) is 24.1. The van der Waals surface area contributed by atoms with Gasteiger partial charge in [-0.2, -0.15) is 5.10 Å². The maximum absolute atomic E-state index is 13.8. The highest BCUT2D eigenvalue weighted by atomic mass is 35.5. The summed E-state index contributed by atoms with van der Waals surface area (Å²) >= 11 is 0. The number of alkyl halides is 2. The Bertz CT molecular complexity index is 1070. The van der Waals surface area contributed by atoms with Crippen LogP contribution in [0.3, 0.4) is 0 Å². The van der Waals surface area contributed by atoms with Crippen LogP contribution in [0.25, 0.3) is 11.0 Å². The Morgan fingerprint density at radius 1 is 1.34 bits per heavy atom. The average Bonchev–Trinajstić information content (AvgIpc) is 3.37. The molecule has 1 aliphatic rings. The van der Waals surface area contributed by atoms with Gasteiger partial charge in [0.2, 0.25) is 5.92 Å². The van der Waals surface area contributed by atoms with Crippen molar-refractivity contribution in [3.05, 3.63) is 47.5 Å². The number of amides is 1. The second-order valence-electron chi connectivity index (χ2n) is 8.40. The first-order valence-corrected chi connectivity index (χ1v) is 10.7. The molecule has 1 fully saturated rings. The van der Waals surface area contributed by atoms with Crippen LogP contribution < -0.4 is 11.1 Å². The van der Waals surface area contributed by atoms with Crippen LogP contribution in [0, 0.1) is 5.92 Å². The molecule has 7 nitrogen and oxygen atoms in total. The Balaban J connectivity index is 0.00000289. The minimum atomic E-state index is -2.65. The fourth-order valence-electron chi connectivity index (χ4n) is 4.27. The molecule has 3 aromatic rings. The largest absolute Gasteiger partial charge is 0.340 e. The van der Waals surface area contributed by atoms with Gasteiger partial charge >= 0.3 is 0 Å². The predicted octanol–water partition coefficient (Wildman–Crippen LogP) is 4.42. The van der Waals surface area contributed by atoms with Gasteiger partial charge in [-0.25, -0.2) is 13.8 Å². The Labute approximate surface area is 191 Å². The number of nitrogens with zero attached hydrogens (tertiary/aromatic N) is 3. The number of hydrogen-bond donors (Lipinski definition) is 3. The maximum Gasteiger partial charge on any atom is 0.270 e. The molecular weight excluding hydrogens is 438 g/mol. The van der Waals surface area contributed by atoms with E-state index in [0.717, 1.165) is 23.0 Å². The van der Waals surface area contributed by atoms with Gasteiger partial charge in [0, 0.05) is 32.1 Å². The van der Waals surface area contributed by atoms with Crippen molar-refractivity contribution >= 4 is 29.3 Å². The van der Waals surface area contributed by atoms with Crippen molar-refractivity contribution in [2.24, 2.45) is 18.7 Å². The molecule has 1 aromatic carbocycles. The molecule has 2 atom stereocenters. The molecule has 4 N–H and O–H groups in total. The van der Waals surface area contributed by atoms with E-state index in [9.17, 15) is 13.6 Å². The zero-order valence-electron chi connectivity index (χ0n) is 18.1. The normalized spacial score (nSPS) is 18.2. The maximum atomic E-state index is 13.8. The fraction of sp³-hybridized carbons (Fsp3) is 0.500. The lowest BCUT2D eigenvalue weighted by Crippen LogP contribution is -2.38. The number of carbonyl (C=O) groups is 1. The number of carbonyl (C=O) groups excluding carboxylic acids is 1. The molecule has 4 rings (SSSR count). The molecular formula is C22H29ClF2N6O. The molecule has 2 heterocycles. The number of H-pyrrole nitrogens is 1. The number of aryl methyl sites for hydroxylation is 1. The van der Waals surface area contributed by atoms with E-state index in [-0.39, 0.29) is 43.1 Å². The van der Waals surface area contributed by atoms with Gasteiger partial charge in [-0.1, -0.05) is 13.0 Å². The van der Waals surface area contributed by atoms with E-state index in [4.69, 9.17) is 10.7 Å². The van der Waals surface area contributed by atoms with E-state index >= 15 is 0 Å². The summed E-state index contributed by atoms with van der Waals surface area (Å²) in [4.78, 5) is 20.9. The zero-order valence-corrected chi connectivity index (χ0v) is 19.0. The van der Waals surface area contributed by atoms with Gasteiger partial charge in [-0.15, -0.1) is 12.4 Å². The number of nitrogens with one attached hydrogen (secondary N) is 2. The van der Waals surface area contributed by atoms with Crippen molar-refractivity contribution in [1.29, 1.82) is 0 Å². The molecule has 1 unspecified atom stereocenters. The highest BCUT2D eigenvalue weighted by Crippen LogP contribution is 2.41. The van der Waals surface area contributed by atoms with E-state index < -0.39 is 12.0 Å². The number of nitrogens with two attached hydrogens (primary N) is 1. The summed E-state index contributed by atoms with van der Waals surface area (Å²) in [5, 5.41) is 7.06. The number of benzene rings is 1. The third kappa shape index (κ3) is 4.94. The summed E-state index contributed by atoms with van der Waals surface area (Å²) in [7, 11) is 1.69. The Morgan fingerprint density at radius 3 is 2.69 bits per heavy atom. The van der Waals surface area contributed by atoms with E-state index in [0.29, 0.717) is 24.4 Å². The second kappa shape index (κ2) is 9.54. The second-order valence-corrected chi connectivity index (χ2v) is 8.40. The standard InChI is InChI=1S/C22H28F2N6O.ClH/c1-3-15(25)14-4-5-16-17(12-14)28-20(27-16)19(13-6-9-22(23,24)10-7-13)29-21(31)18-8-11-26-30(18)2;/h4-5,8,11-13,15,19H,3,6-7,9-10,25H2,1-2H3,(H,27,28)(H,29,31);1H/t15?,19-;/m0./s1. The molecule has 1 saturated carbocycles. The van der Waals surface area contributed by atoms with E-state index in [1.807, 2.05) is 25.1 Å². The smallest absolute Gasteiger partial charge is 0.270 e. The predicted molar refractivity (Wildman–Crippen MR) is 121 cm³/mol. The third-order valence-electron chi connectivity index (χ3n) is 6.26. The third-order valence-corrected chi connectivity index (χ3v) is 6.26. The summed E-state index contributed by atoms with van der Waals surface area (Å²) in [5.41, 5.74) is 9.11. The highest BCUT2D eigenvalue weighted by Gasteiger charge is 2.39. The van der Waals surface area contributed by atoms with Crippen molar-refractivity contribution in [3.8, 4) is 0 Å². The highest BCUT2D eigenvalue weighted by molar-refractivity contribution is 5.92. The molecule has 0 aliphatic heterocycles. The van der Waals surface area contributed by atoms with E-state index in [1.165, 1.54) is 4.68 Å². The van der Waals surface area contributed by atoms with Crippen molar-refractivity contribution in [2.75, 3.05) is 0 Å². The van der Waals surface area contributed by atoms with Gasteiger partial charge in [-0.3, -0.25) is 9.48 Å². The molecule has 0 spiro atoms. The van der Waals surface area contributed by atoms with E-state index in [1.54, 1.807) is 19.3 Å². The summed E-state index contributed by atoms with van der Waals surface area (Å²) in [6, 6.07) is 6.87. The summed E-state index contributed by atoms with van der Waals surface area (Å²) < 4.78 is 29.0. The van der Waals surface area contributed by atoms with Crippen LogP contribution in [-0.4, -0.2) is 31.6 Å². The molecule has 0 bridgehead atoms. The first-order valence-electron chi connectivity index (χ1n) is 10.7. The molecule has 32 heavy (non-hydrogen) atoms. The van der Waals surface area contributed by atoms with Gasteiger partial charge in [0.1, 0.15) is 11.5 Å². The average molecular weight is 467 g/mol. The van der Waals surface area contributed by atoms with Crippen molar-refractivity contribution in [2.45, 2.75) is 57.0 Å². The summed E-state index contributed by atoms with van der Waals surface area (Å²) in [5.74, 6) is -2.53. The molecule has 174 valence electrons.